The highest BCUT2D eigenvalue weighted by atomic mass is 16.5. The molecule has 1 aromatic rings. The van der Waals surface area contributed by atoms with E-state index in [-0.39, 0.29) is 17.6 Å². The summed E-state index contributed by atoms with van der Waals surface area (Å²) in [6.07, 6.45) is 8.94. The third-order valence-electron chi connectivity index (χ3n) is 4.92. The lowest BCUT2D eigenvalue weighted by Gasteiger charge is -2.40. The van der Waals surface area contributed by atoms with Gasteiger partial charge in [0.2, 0.25) is 5.91 Å². The SMILES string of the molecule is Cc1nccn1[C@H](C)CC(=O)N1CCOC2(CCCC2)C1. The van der Waals surface area contributed by atoms with Gasteiger partial charge in [0.25, 0.3) is 0 Å². The lowest BCUT2D eigenvalue weighted by molar-refractivity contribution is -0.150. The van der Waals surface area contributed by atoms with Crippen molar-refractivity contribution in [2.24, 2.45) is 0 Å². The second-order valence-electron chi connectivity index (χ2n) is 6.49. The van der Waals surface area contributed by atoms with E-state index in [4.69, 9.17) is 4.74 Å². The van der Waals surface area contributed by atoms with Crippen LogP contribution in [0.15, 0.2) is 12.4 Å². The number of hydrogen-bond acceptors (Lipinski definition) is 3. The molecule has 0 bridgehead atoms. The van der Waals surface area contributed by atoms with Crippen molar-refractivity contribution in [3.05, 3.63) is 18.2 Å². The first kappa shape index (κ1) is 14.6. The molecule has 0 N–H and O–H groups in total. The smallest absolute Gasteiger partial charge is 0.224 e. The Kier molecular flexibility index (Phi) is 4.02. The first-order valence-electron chi connectivity index (χ1n) is 8.01. The summed E-state index contributed by atoms with van der Waals surface area (Å²) in [5.41, 5.74) is -0.0396. The second kappa shape index (κ2) is 5.79. The quantitative estimate of drug-likeness (QED) is 0.858. The van der Waals surface area contributed by atoms with Gasteiger partial charge in [-0.1, -0.05) is 12.8 Å². The number of imidazole rings is 1. The topological polar surface area (TPSA) is 47.4 Å². The first-order chi connectivity index (χ1) is 10.1. The van der Waals surface area contributed by atoms with E-state index in [1.807, 2.05) is 18.0 Å². The van der Waals surface area contributed by atoms with Gasteiger partial charge in [0, 0.05) is 37.9 Å². The van der Waals surface area contributed by atoms with Crippen LogP contribution in [0.1, 0.15) is 50.9 Å². The summed E-state index contributed by atoms with van der Waals surface area (Å²) in [5, 5.41) is 0. The molecule has 1 spiro atoms. The summed E-state index contributed by atoms with van der Waals surface area (Å²) in [5.74, 6) is 1.20. The number of carbonyl (C=O) groups excluding carboxylic acids is 1. The molecule has 5 heteroatoms. The van der Waals surface area contributed by atoms with E-state index in [1.165, 1.54) is 12.8 Å². The maximum absolute atomic E-state index is 12.6. The van der Waals surface area contributed by atoms with Crippen LogP contribution in [0.4, 0.5) is 0 Å². The van der Waals surface area contributed by atoms with Crippen LogP contribution in [0.5, 0.6) is 0 Å². The van der Waals surface area contributed by atoms with Crippen molar-refractivity contribution >= 4 is 5.91 Å². The molecular formula is C16H25N3O2. The fourth-order valence-electron chi connectivity index (χ4n) is 3.71. The number of nitrogens with zero attached hydrogens (tertiary/aromatic N) is 3. The zero-order valence-corrected chi connectivity index (χ0v) is 13.0. The van der Waals surface area contributed by atoms with Gasteiger partial charge >= 0.3 is 0 Å². The van der Waals surface area contributed by atoms with Crippen LogP contribution in [0.25, 0.3) is 0 Å². The lowest BCUT2D eigenvalue weighted by Crippen LogP contribution is -2.52. The van der Waals surface area contributed by atoms with Gasteiger partial charge in [0.05, 0.1) is 12.2 Å². The summed E-state index contributed by atoms with van der Waals surface area (Å²) in [4.78, 5) is 18.8. The zero-order valence-electron chi connectivity index (χ0n) is 13.0. The third kappa shape index (κ3) is 2.98. The van der Waals surface area contributed by atoms with Crippen LogP contribution in [0.2, 0.25) is 0 Å². The molecule has 2 heterocycles. The Labute approximate surface area is 126 Å². The molecule has 1 aromatic heterocycles. The second-order valence-corrected chi connectivity index (χ2v) is 6.49. The van der Waals surface area contributed by atoms with Crippen LogP contribution in [-0.2, 0) is 9.53 Å². The van der Waals surface area contributed by atoms with Crippen molar-refractivity contribution in [3.63, 3.8) is 0 Å². The van der Waals surface area contributed by atoms with Gasteiger partial charge in [-0.15, -0.1) is 0 Å². The predicted molar refractivity (Wildman–Crippen MR) is 80.0 cm³/mol. The van der Waals surface area contributed by atoms with Gasteiger partial charge < -0.3 is 14.2 Å². The molecule has 0 unspecified atom stereocenters. The molecule has 2 aliphatic rings. The molecule has 1 aliphatic carbocycles. The van der Waals surface area contributed by atoms with Crippen molar-refractivity contribution in [1.82, 2.24) is 14.5 Å². The van der Waals surface area contributed by atoms with Gasteiger partial charge in [-0.05, 0) is 26.7 Å². The first-order valence-corrected chi connectivity index (χ1v) is 8.01. The molecule has 1 amide bonds. The minimum absolute atomic E-state index is 0.0396. The standard InChI is InChI=1S/C16H25N3O2/c1-13(19-8-7-17-14(19)2)11-15(20)18-9-10-21-16(12-18)5-3-4-6-16/h7-8,13H,3-6,9-12H2,1-2H3/t13-/m1/s1. The molecule has 116 valence electrons. The van der Waals surface area contributed by atoms with Crippen LogP contribution in [0.3, 0.4) is 0 Å². The van der Waals surface area contributed by atoms with E-state index in [2.05, 4.69) is 16.5 Å². The monoisotopic (exact) mass is 291 g/mol. The number of hydrogen-bond donors (Lipinski definition) is 0. The van der Waals surface area contributed by atoms with Crippen molar-refractivity contribution in [2.45, 2.75) is 57.6 Å². The van der Waals surface area contributed by atoms with Crippen molar-refractivity contribution < 1.29 is 9.53 Å². The van der Waals surface area contributed by atoms with Crippen LogP contribution < -0.4 is 0 Å². The fourth-order valence-corrected chi connectivity index (χ4v) is 3.71. The maximum atomic E-state index is 12.6. The highest BCUT2D eigenvalue weighted by molar-refractivity contribution is 5.76. The van der Waals surface area contributed by atoms with E-state index < -0.39 is 0 Å². The molecule has 1 atom stereocenters. The summed E-state index contributed by atoms with van der Waals surface area (Å²) < 4.78 is 8.07. The minimum Gasteiger partial charge on any atom is -0.371 e. The predicted octanol–water partition coefficient (Wildman–Crippen LogP) is 2.31. The fraction of sp³-hybridized carbons (Fsp3) is 0.750. The third-order valence-corrected chi connectivity index (χ3v) is 4.92. The zero-order chi connectivity index (χ0) is 14.9. The molecule has 0 aromatic carbocycles. The van der Waals surface area contributed by atoms with Gasteiger partial charge in [-0.2, -0.15) is 0 Å². The number of ether oxygens (including phenoxy) is 1. The van der Waals surface area contributed by atoms with Gasteiger partial charge in [0.1, 0.15) is 5.82 Å². The van der Waals surface area contributed by atoms with Gasteiger partial charge in [0.15, 0.2) is 0 Å². The molecule has 1 saturated heterocycles. The molecule has 21 heavy (non-hydrogen) atoms. The highest BCUT2D eigenvalue weighted by Gasteiger charge is 2.40. The molecular weight excluding hydrogens is 266 g/mol. The van der Waals surface area contributed by atoms with Crippen LogP contribution in [0, 0.1) is 6.92 Å². The molecule has 0 radical (unpaired) electrons. The average molecular weight is 291 g/mol. The van der Waals surface area contributed by atoms with E-state index in [0.717, 1.165) is 31.8 Å². The van der Waals surface area contributed by atoms with E-state index in [9.17, 15) is 4.79 Å². The summed E-state index contributed by atoms with van der Waals surface area (Å²) in [6, 6.07) is 0.155. The van der Waals surface area contributed by atoms with Crippen molar-refractivity contribution in [3.8, 4) is 0 Å². The van der Waals surface area contributed by atoms with Crippen molar-refractivity contribution in [1.29, 1.82) is 0 Å². The molecule has 2 fully saturated rings. The number of carbonyl (C=O) groups is 1. The Balaban J connectivity index is 1.61. The van der Waals surface area contributed by atoms with E-state index in [1.54, 1.807) is 6.20 Å². The minimum atomic E-state index is -0.0396. The van der Waals surface area contributed by atoms with E-state index in [0.29, 0.717) is 13.0 Å². The highest BCUT2D eigenvalue weighted by Crippen LogP contribution is 2.36. The van der Waals surface area contributed by atoms with Crippen LogP contribution >= 0.6 is 0 Å². The Morgan fingerprint density at radius 3 is 2.90 bits per heavy atom. The molecule has 5 nitrogen and oxygen atoms in total. The molecule has 1 saturated carbocycles. The van der Waals surface area contributed by atoms with Crippen molar-refractivity contribution in [2.75, 3.05) is 19.7 Å². The Bertz CT molecular complexity index is 505. The maximum Gasteiger partial charge on any atom is 0.224 e. The van der Waals surface area contributed by atoms with Gasteiger partial charge in [-0.3, -0.25) is 4.79 Å². The number of morpholine rings is 1. The Hall–Kier alpha value is -1.36. The van der Waals surface area contributed by atoms with Crippen LogP contribution in [-0.4, -0.2) is 45.7 Å². The summed E-state index contributed by atoms with van der Waals surface area (Å²) >= 11 is 0. The lowest BCUT2D eigenvalue weighted by atomic mass is 9.99. The normalized spacial score (nSPS) is 22.7. The number of amides is 1. The average Bonchev–Trinajstić information content (AvgIpc) is 3.08. The van der Waals surface area contributed by atoms with Gasteiger partial charge in [-0.25, -0.2) is 4.98 Å². The largest absolute Gasteiger partial charge is 0.371 e. The number of aromatic nitrogens is 2. The molecule has 1 aliphatic heterocycles. The Morgan fingerprint density at radius 2 is 2.24 bits per heavy atom. The molecule has 3 rings (SSSR count). The Morgan fingerprint density at radius 1 is 1.48 bits per heavy atom. The number of aryl methyl sites for hydroxylation is 1. The summed E-state index contributed by atoms with van der Waals surface area (Å²) in [7, 11) is 0. The number of rotatable bonds is 3. The summed E-state index contributed by atoms with van der Waals surface area (Å²) in [6.45, 7) is 6.25. The van der Waals surface area contributed by atoms with E-state index >= 15 is 0 Å².